The van der Waals surface area contributed by atoms with Crippen molar-refractivity contribution in [3.8, 4) is 23.7 Å². The largest absolute Gasteiger partial charge is 0.391 e. The van der Waals surface area contributed by atoms with Crippen molar-refractivity contribution in [2.75, 3.05) is 7.05 Å². The Balaban J connectivity index is 5.33. The van der Waals surface area contributed by atoms with Crippen LogP contribution in [0, 0.1) is 23.7 Å². The van der Waals surface area contributed by atoms with E-state index in [0.29, 0.717) is 0 Å². The molecular formula is C17H22FNS. The van der Waals surface area contributed by atoms with Gasteiger partial charge in [0, 0.05) is 12.7 Å². The van der Waals surface area contributed by atoms with E-state index < -0.39 is 5.83 Å². The molecule has 3 heteroatoms. The molecule has 1 atom stereocenters. The first-order chi connectivity index (χ1) is 9.44. The Hall–Kier alpha value is -1.58. The fourth-order valence-corrected chi connectivity index (χ4v) is 2.08. The van der Waals surface area contributed by atoms with E-state index >= 15 is 0 Å². The first kappa shape index (κ1) is 18.4. The van der Waals surface area contributed by atoms with Crippen molar-refractivity contribution in [1.82, 2.24) is 5.32 Å². The molecule has 1 nitrogen and oxygen atoms in total. The van der Waals surface area contributed by atoms with E-state index in [2.05, 4.69) is 35.6 Å². The molecule has 0 heterocycles. The molecule has 108 valence electrons. The van der Waals surface area contributed by atoms with Gasteiger partial charge in [0.1, 0.15) is 11.4 Å². The van der Waals surface area contributed by atoms with Gasteiger partial charge in [-0.25, -0.2) is 4.39 Å². The number of thioether (sulfide) groups is 1. The lowest BCUT2D eigenvalue weighted by atomic mass is 10.2. The molecule has 0 fully saturated rings. The highest BCUT2D eigenvalue weighted by atomic mass is 32.2. The average molecular weight is 291 g/mol. The van der Waals surface area contributed by atoms with Crippen LogP contribution in [0.5, 0.6) is 0 Å². The molecule has 0 aromatic carbocycles. The summed E-state index contributed by atoms with van der Waals surface area (Å²) in [5.41, 5.74) is 1.03. The van der Waals surface area contributed by atoms with Gasteiger partial charge in [-0.3, -0.25) is 0 Å². The maximum absolute atomic E-state index is 14.1. The lowest BCUT2D eigenvalue weighted by Gasteiger charge is -2.02. The third-order valence-corrected chi connectivity index (χ3v) is 3.14. The fourth-order valence-electron chi connectivity index (χ4n) is 1.36. The van der Waals surface area contributed by atoms with Crippen LogP contribution >= 0.6 is 11.8 Å². The van der Waals surface area contributed by atoms with Crippen molar-refractivity contribution in [3.05, 3.63) is 34.7 Å². The number of nitrogens with one attached hydrogen (secondary N) is 1. The fraction of sp³-hybridized carbons (Fsp3) is 0.412. The quantitative estimate of drug-likeness (QED) is 0.595. The summed E-state index contributed by atoms with van der Waals surface area (Å²) in [6, 6.07) is 0. The second-order valence-corrected chi connectivity index (χ2v) is 5.74. The zero-order chi connectivity index (χ0) is 15.5. The summed E-state index contributed by atoms with van der Waals surface area (Å²) in [5.74, 6) is 10.8. The number of hydrogen-bond donors (Lipinski definition) is 1. The molecule has 20 heavy (non-hydrogen) atoms. The third kappa shape index (κ3) is 7.77. The van der Waals surface area contributed by atoms with E-state index in [1.807, 2.05) is 20.8 Å². The smallest absolute Gasteiger partial charge is 0.149 e. The standard InChI is InChI=1S/C17H22FNS/c1-7-9-15(11-10-14(5)20-13(3)4)17(18)12-16(8-2)19-6/h12,14,19H,3,8H2,1-2,4-6H3/b16-12+,17-15-. The molecular weight excluding hydrogens is 269 g/mol. The van der Waals surface area contributed by atoms with Crippen LogP contribution in [0.25, 0.3) is 0 Å². The van der Waals surface area contributed by atoms with E-state index in [0.717, 1.165) is 17.0 Å². The van der Waals surface area contributed by atoms with Crippen molar-refractivity contribution in [2.24, 2.45) is 0 Å². The molecule has 0 radical (unpaired) electrons. The predicted octanol–water partition coefficient (Wildman–Crippen LogP) is 4.41. The molecule has 0 amide bonds. The summed E-state index contributed by atoms with van der Waals surface area (Å²) in [7, 11) is 1.77. The Morgan fingerprint density at radius 3 is 2.55 bits per heavy atom. The SMILES string of the molecule is C=C(C)SC(C)C#C/C(C#CC)=C(F)/C=C(\CC)NC. The van der Waals surface area contributed by atoms with Crippen LogP contribution < -0.4 is 5.32 Å². The van der Waals surface area contributed by atoms with E-state index in [1.165, 1.54) is 6.08 Å². The van der Waals surface area contributed by atoms with E-state index in [9.17, 15) is 4.39 Å². The van der Waals surface area contributed by atoms with Crippen molar-refractivity contribution < 1.29 is 4.39 Å². The molecule has 1 unspecified atom stereocenters. The van der Waals surface area contributed by atoms with Gasteiger partial charge in [-0.15, -0.1) is 17.7 Å². The van der Waals surface area contributed by atoms with E-state index in [4.69, 9.17) is 0 Å². The highest BCUT2D eigenvalue weighted by Crippen LogP contribution is 2.18. The topological polar surface area (TPSA) is 12.0 Å². The van der Waals surface area contributed by atoms with Crippen molar-refractivity contribution in [3.63, 3.8) is 0 Å². The van der Waals surface area contributed by atoms with Gasteiger partial charge in [0.2, 0.25) is 0 Å². The van der Waals surface area contributed by atoms with Crippen LogP contribution in [0.1, 0.15) is 34.1 Å². The number of rotatable bonds is 5. The second kappa shape index (κ2) is 10.2. The van der Waals surface area contributed by atoms with Gasteiger partial charge in [0.15, 0.2) is 0 Å². The Labute approximate surface area is 126 Å². The minimum absolute atomic E-state index is 0.0629. The molecule has 0 aliphatic heterocycles. The zero-order valence-electron chi connectivity index (χ0n) is 12.9. The number of allylic oxidation sites excluding steroid dienone is 5. The first-order valence-electron chi connectivity index (χ1n) is 6.49. The second-order valence-electron chi connectivity index (χ2n) is 4.10. The Bertz CT molecular complexity index is 515. The van der Waals surface area contributed by atoms with Crippen molar-refractivity contribution in [2.45, 2.75) is 39.4 Å². The summed E-state index contributed by atoms with van der Waals surface area (Å²) >= 11 is 1.56. The van der Waals surface area contributed by atoms with Gasteiger partial charge in [-0.05, 0) is 38.2 Å². The normalized spacial score (nSPS) is 13.2. The molecule has 0 spiro atoms. The molecule has 0 aliphatic carbocycles. The van der Waals surface area contributed by atoms with Crippen molar-refractivity contribution >= 4 is 11.8 Å². The molecule has 0 rings (SSSR count). The first-order valence-corrected chi connectivity index (χ1v) is 7.37. The lowest BCUT2D eigenvalue weighted by Crippen LogP contribution is -2.04. The summed E-state index contributed by atoms with van der Waals surface area (Å²) < 4.78 is 14.1. The predicted molar refractivity (Wildman–Crippen MR) is 88.7 cm³/mol. The van der Waals surface area contributed by atoms with Crippen LogP contribution in [-0.2, 0) is 0 Å². The highest BCUT2D eigenvalue weighted by Gasteiger charge is 2.02. The summed E-state index contributed by atoms with van der Waals surface area (Å²) in [6.07, 6.45) is 2.18. The van der Waals surface area contributed by atoms with Gasteiger partial charge < -0.3 is 5.32 Å². The Kier molecular flexibility index (Phi) is 9.43. The van der Waals surface area contributed by atoms with Gasteiger partial charge in [-0.1, -0.05) is 31.3 Å². The molecule has 0 aromatic heterocycles. The minimum atomic E-state index is -0.398. The highest BCUT2D eigenvalue weighted by molar-refractivity contribution is 8.03. The Morgan fingerprint density at radius 2 is 2.10 bits per heavy atom. The van der Waals surface area contributed by atoms with Crippen LogP contribution in [0.3, 0.4) is 0 Å². The van der Waals surface area contributed by atoms with Crippen LogP contribution in [-0.4, -0.2) is 12.3 Å². The van der Waals surface area contributed by atoms with E-state index in [1.54, 1.807) is 25.7 Å². The Morgan fingerprint density at radius 1 is 1.45 bits per heavy atom. The molecule has 1 N–H and O–H groups in total. The van der Waals surface area contributed by atoms with Gasteiger partial charge in [0.05, 0.1) is 5.25 Å². The van der Waals surface area contributed by atoms with Gasteiger partial charge in [0.25, 0.3) is 0 Å². The molecule has 0 bridgehead atoms. The third-order valence-electron chi connectivity index (χ3n) is 2.27. The zero-order valence-corrected chi connectivity index (χ0v) is 13.7. The van der Waals surface area contributed by atoms with Gasteiger partial charge in [-0.2, -0.15) is 0 Å². The monoisotopic (exact) mass is 291 g/mol. The van der Waals surface area contributed by atoms with Crippen LogP contribution in [0.15, 0.2) is 34.7 Å². The summed E-state index contributed by atoms with van der Waals surface area (Å²) in [5, 5.41) is 3.01. The maximum Gasteiger partial charge on any atom is 0.149 e. The van der Waals surface area contributed by atoms with Crippen LogP contribution in [0.4, 0.5) is 4.39 Å². The van der Waals surface area contributed by atoms with Gasteiger partial charge >= 0.3 is 0 Å². The molecule has 0 aromatic rings. The molecule has 0 saturated carbocycles. The van der Waals surface area contributed by atoms with Crippen LogP contribution in [0.2, 0.25) is 0 Å². The molecule has 0 saturated heterocycles. The maximum atomic E-state index is 14.1. The van der Waals surface area contributed by atoms with Crippen molar-refractivity contribution in [1.29, 1.82) is 0 Å². The summed E-state index contributed by atoms with van der Waals surface area (Å²) in [4.78, 5) is 0.989. The minimum Gasteiger partial charge on any atom is -0.391 e. The number of halogens is 1. The van der Waals surface area contributed by atoms with E-state index in [-0.39, 0.29) is 10.8 Å². The average Bonchev–Trinajstić information content (AvgIpc) is 2.39. The molecule has 0 aliphatic rings. The number of hydrogen-bond acceptors (Lipinski definition) is 2. The summed E-state index contributed by atoms with van der Waals surface area (Å²) in [6.45, 7) is 11.3. The lowest BCUT2D eigenvalue weighted by molar-refractivity contribution is 0.657.